The minimum atomic E-state index is -0.600. The van der Waals surface area contributed by atoms with Gasteiger partial charge in [-0.2, -0.15) is 0 Å². The molecule has 0 fully saturated rings. The van der Waals surface area contributed by atoms with Gasteiger partial charge in [-0.1, -0.05) is 24.3 Å². The van der Waals surface area contributed by atoms with Gasteiger partial charge in [-0.15, -0.1) is 0 Å². The first-order valence-corrected chi connectivity index (χ1v) is 7.56. The van der Waals surface area contributed by atoms with E-state index in [2.05, 4.69) is 9.98 Å². The van der Waals surface area contributed by atoms with Gasteiger partial charge in [0, 0.05) is 18.1 Å². The molecular weight excluding hydrogens is 321 g/mol. The summed E-state index contributed by atoms with van der Waals surface area (Å²) >= 11 is 0. The van der Waals surface area contributed by atoms with E-state index in [9.17, 15) is 9.18 Å². The normalized spacial score (nSPS) is 15.3. The van der Waals surface area contributed by atoms with E-state index in [-0.39, 0.29) is 17.2 Å². The van der Waals surface area contributed by atoms with Crippen LogP contribution in [0.15, 0.2) is 77.9 Å². The van der Waals surface area contributed by atoms with Crippen LogP contribution in [0.4, 0.5) is 4.39 Å². The van der Waals surface area contributed by atoms with E-state index in [1.807, 2.05) is 35.0 Å². The summed E-state index contributed by atoms with van der Waals surface area (Å²) in [5.74, 6) is -1.11. The van der Waals surface area contributed by atoms with Crippen molar-refractivity contribution in [1.29, 1.82) is 0 Å². The van der Waals surface area contributed by atoms with Crippen LogP contribution < -0.4 is 0 Å². The molecule has 0 bridgehead atoms. The summed E-state index contributed by atoms with van der Waals surface area (Å²) in [5, 5.41) is 0. The van der Waals surface area contributed by atoms with Crippen LogP contribution in [0.3, 0.4) is 0 Å². The molecule has 0 amide bonds. The number of hydrogen-bond acceptors (Lipinski definition) is 4. The van der Waals surface area contributed by atoms with Gasteiger partial charge in [0.2, 0.25) is 5.90 Å². The van der Waals surface area contributed by atoms with Gasteiger partial charge in [-0.05, 0) is 35.9 Å². The largest absolute Gasteiger partial charge is 0.402 e. The standard InChI is InChI=1S/C19H12FN3O2/c20-16-4-2-1-3-15(16)18-22-17(19(24)25-18)11-13-5-7-14(8-6-13)23-10-9-21-12-23/h1-12H. The topological polar surface area (TPSA) is 56.5 Å². The number of halogens is 1. The van der Waals surface area contributed by atoms with Gasteiger partial charge in [-0.3, -0.25) is 0 Å². The molecule has 2 heterocycles. The molecule has 5 nitrogen and oxygen atoms in total. The molecule has 6 heteroatoms. The number of carbonyl (C=O) groups excluding carboxylic acids is 1. The third-order valence-electron chi connectivity index (χ3n) is 3.72. The lowest BCUT2D eigenvalue weighted by Crippen LogP contribution is -2.07. The number of hydrogen-bond donors (Lipinski definition) is 0. The summed E-state index contributed by atoms with van der Waals surface area (Å²) in [5.41, 5.74) is 2.03. The quantitative estimate of drug-likeness (QED) is 0.545. The van der Waals surface area contributed by atoms with Gasteiger partial charge in [-0.25, -0.2) is 19.2 Å². The highest BCUT2D eigenvalue weighted by Crippen LogP contribution is 2.21. The van der Waals surface area contributed by atoms with Crippen LogP contribution in [0.5, 0.6) is 0 Å². The van der Waals surface area contributed by atoms with Crippen LogP contribution in [0, 0.1) is 5.82 Å². The van der Waals surface area contributed by atoms with Gasteiger partial charge in [0.1, 0.15) is 5.82 Å². The van der Waals surface area contributed by atoms with Crippen molar-refractivity contribution in [2.24, 2.45) is 4.99 Å². The summed E-state index contributed by atoms with van der Waals surface area (Å²) in [4.78, 5) is 20.1. The summed E-state index contributed by atoms with van der Waals surface area (Å²) in [6, 6.07) is 13.5. The summed E-state index contributed by atoms with van der Waals surface area (Å²) in [7, 11) is 0. The number of aromatic nitrogens is 2. The lowest BCUT2D eigenvalue weighted by molar-refractivity contribution is -0.129. The molecule has 0 saturated heterocycles. The third kappa shape index (κ3) is 2.97. The number of benzene rings is 2. The maximum Gasteiger partial charge on any atom is 0.363 e. The molecule has 0 atom stereocenters. The van der Waals surface area contributed by atoms with Crippen molar-refractivity contribution in [1.82, 2.24) is 9.55 Å². The van der Waals surface area contributed by atoms with Gasteiger partial charge < -0.3 is 9.30 Å². The van der Waals surface area contributed by atoms with Gasteiger partial charge in [0.15, 0.2) is 5.70 Å². The molecule has 0 unspecified atom stereocenters. The number of imidazole rings is 1. The number of esters is 1. The zero-order chi connectivity index (χ0) is 17.2. The minimum absolute atomic E-state index is 0.0237. The molecule has 0 saturated carbocycles. The number of carbonyl (C=O) groups is 1. The average molecular weight is 333 g/mol. The first-order valence-electron chi connectivity index (χ1n) is 7.56. The lowest BCUT2D eigenvalue weighted by atomic mass is 10.1. The van der Waals surface area contributed by atoms with E-state index in [4.69, 9.17) is 4.74 Å². The number of nitrogens with zero attached hydrogens (tertiary/aromatic N) is 3. The first-order chi connectivity index (χ1) is 12.2. The van der Waals surface area contributed by atoms with Crippen molar-refractivity contribution in [3.63, 3.8) is 0 Å². The zero-order valence-electron chi connectivity index (χ0n) is 13.0. The van der Waals surface area contributed by atoms with Crippen molar-refractivity contribution in [3.8, 4) is 5.69 Å². The highest BCUT2D eigenvalue weighted by atomic mass is 19.1. The Hall–Kier alpha value is -3.54. The molecule has 2 aromatic carbocycles. The van der Waals surface area contributed by atoms with E-state index >= 15 is 0 Å². The Kier molecular flexibility index (Phi) is 3.70. The predicted molar refractivity (Wildman–Crippen MR) is 90.6 cm³/mol. The second-order valence-electron chi connectivity index (χ2n) is 5.38. The Labute approximate surface area is 142 Å². The number of rotatable bonds is 3. The molecule has 1 aliphatic heterocycles. The number of aliphatic imine (C=N–C) groups is 1. The fourth-order valence-corrected chi connectivity index (χ4v) is 2.47. The summed E-state index contributed by atoms with van der Waals surface area (Å²) in [6.07, 6.45) is 6.84. The monoisotopic (exact) mass is 333 g/mol. The van der Waals surface area contributed by atoms with Crippen LogP contribution in [0.25, 0.3) is 11.8 Å². The van der Waals surface area contributed by atoms with Crippen molar-refractivity contribution in [3.05, 3.63) is 89.9 Å². The molecule has 1 aromatic heterocycles. The second kappa shape index (κ2) is 6.16. The molecule has 122 valence electrons. The Morgan fingerprint density at radius 3 is 2.60 bits per heavy atom. The molecule has 0 N–H and O–H groups in total. The van der Waals surface area contributed by atoms with Crippen molar-refractivity contribution < 1.29 is 13.9 Å². The molecule has 0 aliphatic carbocycles. The van der Waals surface area contributed by atoms with Crippen LogP contribution >= 0.6 is 0 Å². The molecule has 0 spiro atoms. The van der Waals surface area contributed by atoms with E-state index < -0.39 is 11.8 Å². The Bertz CT molecular complexity index is 990. The van der Waals surface area contributed by atoms with Crippen LogP contribution in [0.2, 0.25) is 0 Å². The van der Waals surface area contributed by atoms with Gasteiger partial charge in [0.05, 0.1) is 11.9 Å². The van der Waals surface area contributed by atoms with E-state index in [1.54, 1.807) is 30.7 Å². The second-order valence-corrected chi connectivity index (χ2v) is 5.38. The molecular formula is C19H12FN3O2. The molecule has 0 radical (unpaired) electrons. The summed E-state index contributed by atoms with van der Waals surface area (Å²) < 4.78 is 20.8. The average Bonchev–Trinajstić information content (AvgIpc) is 3.27. The van der Waals surface area contributed by atoms with Crippen LogP contribution in [-0.4, -0.2) is 21.4 Å². The fourth-order valence-electron chi connectivity index (χ4n) is 2.47. The van der Waals surface area contributed by atoms with E-state index in [0.717, 1.165) is 11.3 Å². The minimum Gasteiger partial charge on any atom is -0.402 e. The zero-order valence-corrected chi connectivity index (χ0v) is 13.0. The highest BCUT2D eigenvalue weighted by Gasteiger charge is 2.25. The third-order valence-corrected chi connectivity index (χ3v) is 3.72. The Morgan fingerprint density at radius 2 is 1.88 bits per heavy atom. The first kappa shape index (κ1) is 15.0. The van der Waals surface area contributed by atoms with Crippen molar-refractivity contribution >= 4 is 17.9 Å². The lowest BCUT2D eigenvalue weighted by Gasteiger charge is -2.02. The molecule has 4 rings (SSSR count). The molecule has 3 aromatic rings. The smallest absolute Gasteiger partial charge is 0.363 e. The molecule has 1 aliphatic rings. The fraction of sp³-hybridized carbons (Fsp3) is 0. The van der Waals surface area contributed by atoms with Gasteiger partial charge in [0.25, 0.3) is 0 Å². The number of cyclic esters (lactones) is 1. The van der Waals surface area contributed by atoms with Crippen LogP contribution in [-0.2, 0) is 9.53 Å². The Morgan fingerprint density at radius 1 is 1.08 bits per heavy atom. The van der Waals surface area contributed by atoms with Crippen molar-refractivity contribution in [2.45, 2.75) is 0 Å². The van der Waals surface area contributed by atoms with Crippen LogP contribution in [0.1, 0.15) is 11.1 Å². The maximum absolute atomic E-state index is 13.8. The van der Waals surface area contributed by atoms with E-state index in [0.29, 0.717) is 0 Å². The SMILES string of the molecule is O=C1OC(c2ccccc2F)=NC1=Cc1ccc(-n2ccnc2)cc1. The number of ether oxygens (including phenoxy) is 1. The predicted octanol–water partition coefficient (Wildman–Crippen LogP) is 3.36. The van der Waals surface area contributed by atoms with E-state index in [1.165, 1.54) is 12.1 Å². The summed E-state index contributed by atoms with van der Waals surface area (Å²) in [6.45, 7) is 0. The van der Waals surface area contributed by atoms with Gasteiger partial charge >= 0.3 is 5.97 Å². The maximum atomic E-state index is 13.8. The molecule has 25 heavy (non-hydrogen) atoms. The van der Waals surface area contributed by atoms with Crippen molar-refractivity contribution in [2.75, 3.05) is 0 Å². The Balaban J connectivity index is 1.63. The highest BCUT2D eigenvalue weighted by molar-refractivity contribution is 6.12.